The summed E-state index contributed by atoms with van der Waals surface area (Å²) < 4.78 is 13.0. The van der Waals surface area contributed by atoms with Crippen LogP contribution in [0.25, 0.3) is 0 Å². The standard InChI is InChI=1S/C9H16FNO2/c1-2-8(9(12)13)11-5-3-4-7(10)6-11/h7-8H,2-6H2,1H3,(H,12,13)/t7-,8+/m1/s1. The van der Waals surface area contributed by atoms with Crippen molar-refractivity contribution >= 4 is 5.97 Å². The van der Waals surface area contributed by atoms with Crippen molar-refractivity contribution < 1.29 is 14.3 Å². The highest BCUT2D eigenvalue weighted by Crippen LogP contribution is 2.16. The lowest BCUT2D eigenvalue weighted by Gasteiger charge is -2.32. The zero-order valence-electron chi connectivity index (χ0n) is 7.87. The molecule has 0 aromatic carbocycles. The van der Waals surface area contributed by atoms with Gasteiger partial charge in [-0.25, -0.2) is 4.39 Å². The first-order valence-corrected chi connectivity index (χ1v) is 4.76. The van der Waals surface area contributed by atoms with Gasteiger partial charge in [0.2, 0.25) is 0 Å². The summed E-state index contributed by atoms with van der Waals surface area (Å²) in [7, 11) is 0. The molecule has 0 aromatic heterocycles. The smallest absolute Gasteiger partial charge is 0.320 e. The minimum Gasteiger partial charge on any atom is -0.480 e. The molecule has 0 aromatic rings. The van der Waals surface area contributed by atoms with Crippen LogP contribution in [0.3, 0.4) is 0 Å². The van der Waals surface area contributed by atoms with Gasteiger partial charge in [-0.15, -0.1) is 0 Å². The number of carboxylic acid groups (broad SMARTS) is 1. The monoisotopic (exact) mass is 189 g/mol. The molecule has 1 aliphatic heterocycles. The summed E-state index contributed by atoms with van der Waals surface area (Å²) in [4.78, 5) is 12.5. The van der Waals surface area contributed by atoms with E-state index in [9.17, 15) is 9.18 Å². The van der Waals surface area contributed by atoms with E-state index in [1.165, 1.54) is 0 Å². The molecule has 0 aliphatic carbocycles. The number of nitrogens with zero attached hydrogens (tertiary/aromatic N) is 1. The highest BCUT2D eigenvalue weighted by atomic mass is 19.1. The van der Waals surface area contributed by atoms with Gasteiger partial charge in [-0.2, -0.15) is 0 Å². The number of piperidine rings is 1. The lowest BCUT2D eigenvalue weighted by atomic mass is 10.1. The maximum atomic E-state index is 13.0. The maximum Gasteiger partial charge on any atom is 0.320 e. The van der Waals surface area contributed by atoms with E-state index in [2.05, 4.69) is 0 Å². The molecule has 0 saturated carbocycles. The molecule has 4 heteroatoms. The van der Waals surface area contributed by atoms with Gasteiger partial charge in [-0.3, -0.25) is 9.69 Å². The van der Waals surface area contributed by atoms with Gasteiger partial charge in [0.15, 0.2) is 0 Å². The van der Waals surface area contributed by atoms with E-state index < -0.39 is 18.2 Å². The first-order valence-electron chi connectivity index (χ1n) is 4.76. The molecule has 1 aliphatic rings. The van der Waals surface area contributed by atoms with Crippen LogP contribution >= 0.6 is 0 Å². The molecule has 1 fully saturated rings. The number of hydrogen-bond donors (Lipinski definition) is 1. The average Bonchev–Trinajstić information content (AvgIpc) is 2.04. The van der Waals surface area contributed by atoms with Gasteiger partial charge >= 0.3 is 5.97 Å². The summed E-state index contributed by atoms with van der Waals surface area (Å²) in [5.74, 6) is -0.836. The van der Waals surface area contributed by atoms with Crippen LogP contribution in [-0.2, 0) is 4.79 Å². The van der Waals surface area contributed by atoms with Crippen molar-refractivity contribution in [2.75, 3.05) is 13.1 Å². The van der Waals surface area contributed by atoms with Crippen LogP contribution in [0.4, 0.5) is 4.39 Å². The van der Waals surface area contributed by atoms with Crippen molar-refractivity contribution in [3.63, 3.8) is 0 Å². The molecule has 0 amide bonds. The number of aliphatic carboxylic acids is 1. The van der Waals surface area contributed by atoms with Crippen molar-refractivity contribution in [3.8, 4) is 0 Å². The molecule has 2 atom stereocenters. The Bertz CT molecular complexity index is 186. The second-order valence-corrected chi connectivity index (χ2v) is 3.50. The minimum atomic E-state index is -0.845. The SMILES string of the molecule is CC[C@@H](C(=O)O)N1CCC[C@@H](F)C1. The summed E-state index contributed by atoms with van der Waals surface area (Å²) in [5.41, 5.74) is 0. The Hall–Kier alpha value is -0.640. The van der Waals surface area contributed by atoms with E-state index in [4.69, 9.17) is 5.11 Å². The Morgan fingerprint density at radius 3 is 2.92 bits per heavy atom. The molecule has 3 nitrogen and oxygen atoms in total. The number of halogens is 1. The molecule has 13 heavy (non-hydrogen) atoms. The molecular formula is C9H16FNO2. The topological polar surface area (TPSA) is 40.5 Å². The van der Waals surface area contributed by atoms with Gasteiger partial charge in [0, 0.05) is 6.54 Å². The molecule has 76 valence electrons. The van der Waals surface area contributed by atoms with E-state index >= 15 is 0 Å². The highest BCUT2D eigenvalue weighted by Gasteiger charge is 2.28. The fourth-order valence-electron chi connectivity index (χ4n) is 1.82. The van der Waals surface area contributed by atoms with Crippen LogP contribution in [-0.4, -0.2) is 41.3 Å². The highest BCUT2D eigenvalue weighted by molar-refractivity contribution is 5.73. The number of hydrogen-bond acceptors (Lipinski definition) is 2. The van der Waals surface area contributed by atoms with Gasteiger partial charge in [-0.1, -0.05) is 6.92 Å². The van der Waals surface area contributed by atoms with Crippen molar-refractivity contribution in [1.82, 2.24) is 4.90 Å². The van der Waals surface area contributed by atoms with Crippen LogP contribution in [0.2, 0.25) is 0 Å². The number of carboxylic acids is 1. The van der Waals surface area contributed by atoms with Crippen LogP contribution in [0.1, 0.15) is 26.2 Å². The largest absolute Gasteiger partial charge is 0.480 e. The van der Waals surface area contributed by atoms with Crippen molar-refractivity contribution in [1.29, 1.82) is 0 Å². The molecule has 0 unspecified atom stereocenters. The fraction of sp³-hybridized carbons (Fsp3) is 0.889. The van der Waals surface area contributed by atoms with Gasteiger partial charge < -0.3 is 5.11 Å². The number of likely N-dealkylation sites (tertiary alicyclic amines) is 1. The van der Waals surface area contributed by atoms with Crippen LogP contribution < -0.4 is 0 Å². The third-order valence-electron chi connectivity index (χ3n) is 2.51. The fourth-order valence-corrected chi connectivity index (χ4v) is 1.82. The molecule has 1 heterocycles. The lowest BCUT2D eigenvalue weighted by molar-refractivity contribution is -0.144. The van der Waals surface area contributed by atoms with E-state index in [0.717, 1.165) is 6.42 Å². The van der Waals surface area contributed by atoms with Gasteiger partial charge in [0.05, 0.1) is 0 Å². The van der Waals surface area contributed by atoms with Gasteiger partial charge in [0.25, 0.3) is 0 Å². The average molecular weight is 189 g/mol. The predicted molar refractivity (Wildman–Crippen MR) is 47.4 cm³/mol. The van der Waals surface area contributed by atoms with Gasteiger partial charge in [0.1, 0.15) is 12.2 Å². The Balaban J connectivity index is 2.52. The quantitative estimate of drug-likeness (QED) is 0.727. The number of rotatable bonds is 3. The molecule has 0 radical (unpaired) electrons. The number of carbonyl (C=O) groups is 1. The minimum absolute atomic E-state index is 0.283. The Labute approximate surface area is 77.5 Å². The molecule has 1 saturated heterocycles. The Morgan fingerprint density at radius 1 is 1.77 bits per heavy atom. The zero-order valence-corrected chi connectivity index (χ0v) is 7.87. The first kappa shape index (κ1) is 10.4. The summed E-state index contributed by atoms with van der Waals surface area (Å²) in [6, 6.07) is -0.501. The third-order valence-corrected chi connectivity index (χ3v) is 2.51. The van der Waals surface area contributed by atoms with Gasteiger partial charge in [-0.05, 0) is 25.8 Å². The van der Waals surface area contributed by atoms with Crippen molar-refractivity contribution in [2.24, 2.45) is 0 Å². The second kappa shape index (κ2) is 4.56. The molecule has 0 bridgehead atoms. The van der Waals surface area contributed by atoms with E-state index in [1.54, 1.807) is 4.90 Å². The Kier molecular flexibility index (Phi) is 3.66. The second-order valence-electron chi connectivity index (χ2n) is 3.50. The van der Waals surface area contributed by atoms with Crippen LogP contribution in [0.15, 0.2) is 0 Å². The van der Waals surface area contributed by atoms with E-state index in [1.807, 2.05) is 6.92 Å². The third kappa shape index (κ3) is 2.66. The van der Waals surface area contributed by atoms with Crippen LogP contribution in [0.5, 0.6) is 0 Å². The first-order chi connectivity index (χ1) is 6.15. The molecule has 0 spiro atoms. The van der Waals surface area contributed by atoms with E-state index in [0.29, 0.717) is 19.4 Å². The normalized spacial score (nSPS) is 27.1. The number of alkyl halides is 1. The molecule has 1 N–H and O–H groups in total. The van der Waals surface area contributed by atoms with Crippen LogP contribution in [0, 0.1) is 0 Å². The predicted octanol–water partition coefficient (Wildman–Crippen LogP) is 1.28. The summed E-state index contributed by atoms with van der Waals surface area (Å²) in [5, 5.41) is 8.85. The van der Waals surface area contributed by atoms with Crippen molar-refractivity contribution in [3.05, 3.63) is 0 Å². The lowest BCUT2D eigenvalue weighted by Crippen LogP contribution is -2.47. The summed E-state index contributed by atoms with van der Waals surface area (Å²) in [6.45, 7) is 2.82. The molecule has 1 rings (SSSR count). The maximum absolute atomic E-state index is 13.0. The summed E-state index contributed by atoms with van der Waals surface area (Å²) in [6.07, 6.45) is 1.04. The summed E-state index contributed by atoms with van der Waals surface area (Å²) >= 11 is 0. The Morgan fingerprint density at radius 2 is 2.46 bits per heavy atom. The molecular weight excluding hydrogens is 173 g/mol. The van der Waals surface area contributed by atoms with Crippen molar-refractivity contribution in [2.45, 2.75) is 38.4 Å². The zero-order chi connectivity index (χ0) is 9.84. The van der Waals surface area contributed by atoms with E-state index in [-0.39, 0.29) is 6.54 Å².